The lowest BCUT2D eigenvalue weighted by atomic mass is 10.4. The van der Waals surface area contributed by atoms with E-state index >= 15 is 0 Å². The molecule has 0 bridgehead atoms. The van der Waals surface area contributed by atoms with E-state index in [2.05, 4.69) is 15.3 Å². The lowest BCUT2D eigenvalue weighted by molar-refractivity contribution is -0.134. The first kappa shape index (κ1) is 13.4. The van der Waals surface area contributed by atoms with Crippen LogP contribution in [-0.2, 0) is 19.6 Å². The van der Waals surface area contributed by atoms with Crippen molar-refractivity contribution in [2.45, 2.75) is 4.90 Å². The minimum absolute atomic E-state index is 0.172. The molecule has 2 rings (SSSR count). The number of carbonyl (C=O) groups excluding carboxylic acids is 2. The number of hydrogen-bond acceptors (Lipinski definition) is 7. The van der Waals surface area contributed by atoms with Gasteiger partial charge in [-0.15, -0.1) is 0 Å². The monoisotopic (exact) mass is 285 g/mol. The van der Waals surface area contributed by atoms with Crippen molar-refractivity contribution < 1.29 is 18.0 Å². The summed E-state index contributed by atoms with van der Waals surface area (Å²) in [5.74, 6) is -1.05. The Labute approximate surface area is 109 Å². The van der Waals surface area contributed by atoms with E-state index < -0.39 is 34.9 Å². The van der Waals surface area contributed by atoms with Crippen molar-refractivity contribution in [1.82, 2.24) is 19.6 Å². The molecule has 1 saturated heterocycles. The second-order valence-corrected chi connectivity index (χ2v) is 5.67. The number of amides is 2. The molecule has 0 radical (unpaired) electrons. The van der Waals surface area contributed by atoms with Gasteiger partial charge in [-0.05, 0) is 0 Å². The summed E-state index contributed by atoms with van der Waals surface area (Å²) >= 11 is 0. The average Bonchev–Trinajstić information content (AvgIpc) is 2.37. The first-order valence-corrected chi connectivity index (χ1v) is 6.70. The first-order chi connectivity index (χ1) is 8.93. The summed E-state index contributed by atoms with van der Waals surface area (Å²) in [5, 5.41) is 4.68. The van der Waals surface area contributed by atoms with Gasteiger partial charge in [0.15, 0.2) is 0 Å². The van der Waals surface area contributed by atoms with Crippen molar-refractivity contribution in [3.05, 3.63) is 12.4 Å². The Balaban J connectivity index is 2.30. The second kappa shape index (κ2) is 4.90. The van der Waals surface area contributed by atoms with E-state index in [0.717, 1.165) is 16.7 Å². The van der Waals surface area contributed by atoms with Crippen LogP contribution in [0, 0.1) is 0 Å². The van der Waals surface area contributed by atoms with Gasteiger partial charge < -0.3 is 5.32 Å². The summed E-state index contributed by atoms with van der Waals surface area (Å²) in [4.78, 5) is 29.8. The molecule has 1 aliphatic rings. The summed E-state index contributed by atoms with van der Waals surface area (Å²) in [7, 11) is -2.36. The zero-order valence-corrected chi connectivity index (χ0v) is 10.8. The molecular formula is C9H11N5O4S. The topological polar surface area (TPSA) is 121 Å². The number of aromatic nitrogens is 2. The van der Waals surface area contributed by atoms with Crippen LogP contribution in [0.4, 0.5) is 5.95 Å². The van der Waals surface area contributed by atoms with Crippen LogP contribution in [0.25, 0.3) is 0 Å². The van der Waals surface area contributed by atoms with Gasteiger partial charge in [0.05, 0.1) is 25.5 Å². The van der Waals surface area contributed by atoms with Crippen molar-refractivity contribution in [2.24, 2.45) is 0 Å². The quantitative estimate of drug-likeness (QED) is 0.626. The van der Waals surface area contributed by atoms with Gasteiger partial charge in [-0.2, -0.15) is 4.31 Å². The number of nitrogens with zero attached hydrogens (tertiary/aromatic N) is 3. The summed E-state index contributed by atoms with van der Waals surface area (Å²) in [5.41, 5.74) is 0. The Hall–Kier alpha value is -2.07. The summed E-state index contributed by atoms with van der Waals surface area (Å²) in [6.07, 6.45) is 2.23. The number of rotatable bonds is 3. The van der Waals surface area contributed by atoms with Gasteiger partial charge in [-0.3, -0.25) is 14.9 Å². The van der Waals surface area contributed by atoms with Crippen molar-refractivity contribution >= 4 is 27.8 Å². The van der Waals surface area contributed by atoms with E-state index in [1.807, 2.05) is 5.32 Å². The highest BCUT2D eigenvalue weighted by Gasteiger charge is 2.33. The van der Waals surface area contributed by atoms with E-state index in [0.29, 0.717) is 0 Å². The van der Waals surface area contributed by atoms with Crippen LogP contribution in [0.1, 0.15) is 0 Å². The highest BCUT2D eigenvalue weighted by atomic mass is 32.2. The van der Waals surface area contributed by atoms with Crippen LogP contribution in [0.5, 0.6) is 0 Å². The van der Waals surface area contributed by atoms with Gasteiger partial charge in [-0.1, -0.05) is 0 Å². The molecule has 0 saturated carbocycles. The van der Waals surface area contributed by atoms with Crippen LogP contribution in [0.2, 0.25) is 0 Å². The highest BCUT2D eigenvalue weighted by Crippen LogP contribution is 2.15. The van der Waals surface area contributed by atoms with Crippen molar-refractivity contribution in [3.63, 3.8) is 0 Å². The third-order valence-electron chi connectivity index (χ3n) is 2.41. The zero-order valence-electron chi connectivity index (χ0n) is 9.95. The van der Waals surface area contributed by atoms with Crippen molar-refractivity contribution in [1.29, 1.82) is 0 Å². The number of anilines is 1. The van der Waals surface area contributed by atoms with Gasteiger partial charge in [0.25, 0.3) is 0 Å². The standard InChI is InChI=1S/C9H11N5O4S/c1-10-9-11-2-6(3-12-9)19(17,18)14-4-7(15)13-8(16)5-14/h2-3H,4-5H2,1H3,(H,10,11,12)(H,13,15,16). The number of hydrogen-bond donors (Lipinski definition) is 2. The Bertz CT molecular complexity index is 596. The summed E-state index contributed by atoms with van der Waals surface area (Å²) < 4.78 is 25.1. The predicted octanol–water partition coefficient (Wildman–Crippen LogP) is -1.83. The molecule has 1 aliphatic heterocycles. The minimum atomic E-state index is -3.95. The van der Waals surface area contributed by atoms with E-state index in [-0.39, 0.29) is 10.8 Å². The molecule has 2 heterocycles. The Morgan fingerprint density at radius 1 is 1.21 bits per heavy atom. The lowest BCUT2D eigenvalue weighted by Gasteiger charge is -2.24. The average molecular weight is 285 g/mol. The molecule has 19 heavy (non-hydrogen) atoms. The molecule has 2 amide bonds. The van der Waals surface area contributed by atoms with E-state index in [4.69, 9.17) is 0 Å². The first-order valence-electron chi connectivity index (χ1n) is 5.26. The smallest absolute Gasteiger partial charge is 0.247 e. The van der Waals surface area contributed by atoms with Gasteiger partial charge >= 0.3 is 0 Å². The molecule has 1 aromatic heterocycles. The molecule has 1 fully saturated rings. The third kappa shape index (κ3) is 2.69. The summed E-state index contributed by atoms with van der Waals surface area (Å²) in [6.45, 7) is -0.802. The fraction of sp³-hybridized carbons (Fsp3) is 0.333. The molecule has 0 atom stereocenters. The highest BCUT2D eigenvalue weighted by molar-refractivity contribution is 7.89. The number of piperazine rings is 1. The maximum absolute atomic E-state index is 12.2. The number of sulfonamides is 1. The fourth-order valence-corrected chi connectivity index (χ4v) is 2.75. The molecule has 0 spiro atoms. The Kier molecular flexibility index (Phi) is 3.44. The molecular weight excluding hydrogens is 274 g/mol. The van der Waals surface area contributed by atoms with Crippen LogP contribution >= 0.6 is 0 Å². The van der Waals surface area contributed by atoms with Gasteiger partial charge in [0.2, 0.25) is 27.8 Å². The Morgan fingerprint density at radius 3 is 2.21 bits per heavy atom. The molecule has 0 aromatic carbocycles. The van der Waals surface area contributed by atoms with E-state index in [1.165, 1.54) is 0 Å². The Morgan fingerprint density at radius 2 is 1.74 bits per heavy atom. The SMILES string of the molecule is CNc1ncc(S(=O)(=O)N2CC(=O)NC(=O)C2)cn1. The molecule has 0 aliphatic carbocycles. The largest absolute Gasteiger partial charge is 0.357 e. The van der Waals surface area contributed by atoms with E-state index in [1.54, 1.807) is 7.05 Å². The summed E-state index contributed by atoms with van der Waals surface area (Å²) in [6, 6.07) is 0. The normalized spacial score (nSPS) is 17.1. The molecule has 9 nitrogen and oxygen atoms in total. The molecule has 2 N–H and O–H groups in total. The maximum atomic E-state index is 12.2. The minimum Gasteiger partial charge on any atom is -0.357 e. The molecule has 10 heteroatoms. The zero-order chi connectivity index (χ0) is 14.0. The van der Waals surface area contributed by atoms with Crippen molar-refractivity contribution in [3.8, 4) is 0 Å². The molecule has 102 valence electrons. The van der Waals surface area contributed by atoms with Crippen LogP contribution in [0.3, 0.4) is 0 Å². The van der Waals surface area contributed by atoms with Gasteiger partial charge in [0, 0.05) is 7.05 Å². The second-order valence-electron chi connectivity index (χ2n) is 3.74. The van der Waals surface area contributed by atoms with Gasteiger partial charge in [0.1, 0.15) is 4.90 Å². The molecule has 1 aromatic rings. The fourth-order valence-electron chi connectivity index (χ4n) is 1.51. The van der Waals surface area contributed by atoms with Crippen LogP contribution < -0.4 is 10.6 Å². The lowest BCUT2D eigenvalue weighted by Crippen LogP contribution is -2.53. The molecule has 0 unspecified atom stereocenters. The van der Waals surface area contributed by atoms with Gasteiger partial charge in [-0.25, -0.2) is 18.4 Å². The van der Waals surface area contributed by atoms with E-state index in [9.17, 15) is 18.0 Å². The maximum Gasteiger partial charge on any atom is 0.247 e. The number of nitrogens with one attached hydrogen (secondary N) is 2. The number of imide groups is 1. The van der Waals surface area contributed by atoms with Crippen LogP contribution in [-0.4, -0.2) is 54.6 Å². The van der Waals surface area contributed by atoms with Crippen LogP contribution in [0.15, 0.2) is 17.3 Å². The number of carbonyl (C=O) groups is 2. The third-order valence-corrected chi connectivity index (χ3v) is 4.15. The van der Waals surface area contributed by atoms with Crippen molar-refractivity contribution in [2.75, 3.05) is 25.5 Å². The predicted molar refractivity (Wildman–Crippen MR) is 63.5 cm³/mol.